The van der Waals surface area contributed by atoms with Gasteiger partial charge in [0.1, 0.15) is 22.7 Å². The molecule has 1 aliphatic carbocycles. The van der Waals surface area contributed by atoms with Crippen molar-refractivity contribution in [3.8, 4) is 11.5 Å². The van der Waals surface area contributed by atoms with Gasteiger partial charge in [0.2, 0.25) is 0 Å². The highest BCUT2D eigenvalue weighted by Crippen LogP contribution is 2.37. The first-order valence-corrected chi connectivity index (χ1v) is 16.7. The topological polar surface area (TPSA) is 145 Å². The van der Waals surface area contributed by atoms with Gasteiger partial charge in [0.15, 0.2) is 23.9 Å². The number of morpholine rings is 1. The van der Waals surface area contributed by atoms with Crippen LogP contribution < -0.4 is 25.7 Å². The normalized spacial score (nSPS) is 15.5. The molecule has 2 N–H and O–H groups in total. The number of hydrogen-bond donors (Lipinski definition) is 0. The van der Waals surface area contributed by atoms with E-state index in [9.17, 15) is 23.2 Å². The molecule has 4 aromatic rings. The van der Waals surface area contributed by atoms with Gasteiger partial charge >= 0.3 is 18.3 Å². The summed E-state index contributed by atoms with van der Waals surface area (Å²) in [5.74, 6) is -0.565. The number of ether oxygens (including phenoxy) is 4. The Kier molecular flexibility index (Phi) is 12.5. The first kappa shape index (κ1) is 37.2. The van der Waals surface area contributed by atoms with Gasteiger partial charge in [-0.25, -0.2) is 9.78 Å². The number of benzene rings is 2. The van der Waals surface area contributed by atoms with Gasteiger partial charge in [-0.05, 0) is 48.6 Å². The second-order valence-electron chi connectivity index (χ2n) is 11.9. The van der Waals surface area contributed by atoms with Crippen molar-refractivity contribution >= 4 is 40.1 Å². The number of rotatable bonds is 14. The summed E-state index contributed by atoms with van der Waals surface area (Å²) in [7, 11) is 0. The van der Waals surface area contributed by atoms with E-state index in [4.69, 9.17) is 42.1 Å². The maximum Gasteiger partial charge on any atom is 0.387 e. The quantitative estimate of drug-likeness (QED) is 0.173. The third kappa shape index (κ3) is 8.98. The molecule has 0 spiro atoms. The van der Waals surface area contributed by atoms with Crippen molar-refractivity contribution in [2.75, 3.05) is 39.5 Å². The zero-order valence-electron chi connectivity index (χ0n) is 26.9. The number of nitrogens with one attached hydrogen (secondary N) is 1. The highest BCUT2D eigenvalue weighted by Gasteiger charge is 2.27. The summed E-state index contributed by atoms with van der Waals surface area (Å²) in [5.41, 5.74) is 0.0364. The molecule has 6 rings (SSSR count). The molecule has 50 heavy (non-hydrogen) atoms. The second-order valence-corrected chi connectivity index (χ2v) is 12.8. The number of carbonyl (C=O) groups excluding carboxylic acids is 1. The van der Waals surface area contributed by atoms with E-state index in [1.165, 1.54) is 35.2 Å². The number of pyridine rings is 1. The summed E-state index contributed by atoms with van der Waals surface area (Å²) in [6.45, 7) is -0.206. The second kappa shape index (κ2) is 16.8. The van der Waals surface area contributed by atoms with E-state index < -0.39 is 36.5 Å². The summed E-state index contributed by atoms with van der Waals surface area (Å²) in [5, 5.41) is 0.844. The number of halogens is 4. The van der Waals surface area contributed by atoms with Crippen LogP contribution in [-0.4, -0.2) is 71.5 Å². The van der Waals surface area contributed by atoms with Gasteiger partial charge in [0.25, 0.3) is 5.56 Å². The maximum atomic E-state index is 13.8. The standard InChI is InChI=1S/C34H34Cl2F2N4O7.H2O/c35-25-17-39-18-26(36)24(25)16-29(22-7-8-28(49-33(37)38)30(15-22)47-20-21-5-6-21)48-31(43)19-42-27-4-2-1-3-23(27)32(44)41(34(42)45)10-9-40-11-13-46-14-12-40;/h1-4,7-8,15,17-18,21,29,33H,5-6,9-14,16,19-20H2;1H2/t29-;/m0./s1. The maximum absolute atomic E-state index is 13.8. The van der Waals surface area contributed by atoms with Crippen molar-refractivity contribution in [1.29, 1.82) is 0 Å². The van der Waals surface area contributed by atoms with Gasteiger partial charge in [-0.3, -0.25) is 23.6 Å². The predicted octanol–water partition coefficient (Wildman–Crippen LogP) is 4.36. The molecule has 1 saturated heterocycles. The Hall–Kier alpha value is -4.08. The molecule has 1 atom stereocenters. The molecule has 2 fully saturated rings. The molecule has 268 valence electrons. The fourth-order valence-electron chi connectivity index (χ4n) is 5.72. The van der Waals surface area contributed by atoms with Gasteiger partial charge in [0, 0.05) is 38.2 Å². The van der Waals surface area contributed by atoms with Crippen LogP contribution in [0.15, 0.2) is 64.4 Å². The minimum atomic E-state index is -3.08. The number of para-hydroxylation sites is 1. The van der Waals surface area contributed by atoms with Crippen LogP contribution in [0.3, 0.4) is 0 Å². The third-order valence-corrected chi connectivity index (χ3v) is 9.22. The first-order valence-electron chi connectivity index (χ1n) is 16.0. The SMILES string of the molecule is O=C(Cn1c(=O)n(CCN2CCOCC2)c(=O)c2ccccc21)O[C@@H](Cc1c(Cl)c[nH+]cc1Cl)c1ccc(OC(F)F)c(OCC2CC2)c1.[OH-]. The molecule has 16 heteroatoms. The zero-order chi connectivity index (χ0) is 34.5. The predicted molar refractivity (Wildman–Crippen MR) is 179 cm³/mol. The van der Waals surface area contributed by atoms with Crippen molar-refractivity contribution in [2.45, 2.75) is 45.1 Å². The minimum Gasteiger partial charge on any atom is -0.870 e. The largest absolute Gasteiger partial charge is 0.870 e. The molecule has 1 aliphatic heterocycles. The Balaban J connectivity index is 0.00000486. The average molecular weight is 738 g/mol. The van der Waals surface area contributed by atoms with Crippen LogP contribution in [0.4, 0.5) is 8.78 Å². The fourth-order valence-corrected chi connectivity index (χ4v) is 6.25. The number of nitrogens with zero attached hydrogens (tertiary/aromatic N) is 3. The number of aromatic amines is 1. The van der Waals surface area contributed by atoms with Gasteiger partial charge in [-0.2, -0.15) is 8.78 Å². The van der Waals surface area contributed by atoms with Crippen LogP contribution in [-0.2, 0) is 33.8 Å². The summed E-state index contributed by atoms with van der Waals surface area (Å²) < 4.78 is 50.8. The summed E-state index contributed by atoms with van der Waals surface area (Å²) in [6, 6.07) is 10.9. The number of aromatic nitrogens is 3. The molecule has 0 radical (unpaired) electrons. The Bertz CT molecular complexity index is 1910. The number of esters is 1. The lowest BCUT2D eigenvalue weighted by molar-refractivity contribution is -0.377. The third-order valence-electron chi connectivity index (χ3n) is 8.55. The minimum absolute atomic E-state index is 0. The van der Waals surface area contributed by atoms with E-state index >= 15 is 0 Å². The Morgan fingerprint density at radius 3 is 2.40 bits per heavy atom. The van der Waals surface area contributed by atoms with Crippen molar-refractivity contribution in [3.63, 3.8) is 0 Å². The molecule has 0 amide bonds. The average Bonchev–Trinajstić information content (AvgIpc) is 3.92. The molecule has 2 aromatic heterocycles. The Morgan fingerprint density at radius 1 is 0.980 bits per heavy atom. The van der Waals surface area contributed by atoms with Gasteiger partial charge < -0.3 is 24.4 Å². The van der Waals surface area contributed by atoms with Gasteiger partial charge in [0.05, 0.1) is 30.7 Å². The molecule has 2 aromatic carbocycles. The monoisotopic (exact) mass is 736 g/mol. The number of H-pyrrole nitrogens is 1. The van der Waals surface area contributed by atoms with E-state index in [1.807, 2.05) is 0 Å². The fraction of sp³-hybridized carbons (Fsp3) is 0.412. The van der Waals surface area contributed by atoms with Crippen LogP contribution in [0, 0.1) is 5.92 Å². The lowest BCUT2D eigenvalue weighted by atomic mass is 10.0. The summed E-state index contributed by atoms with van der Waals surface area (Å²) in [6.07, 6.45) is 3.96. The van der Waals surface area contributed by atoms with E-state index in [0.717, 1.165) is 17.4 Å². The lowest BCUT2D eigenvalue weighted by Gasteiger charge is -2.26. The van der Waals surface area contributed by atoms with Crippen molar-refractivity contribution in [2.24, 2.45) is 5.92 Å². The molecule has 0 bridgehead atoms. The smallest absolute Gasteiger partial charge is 0.387 e. The van der Waals surface area contributed by atoms with E-state index in [2.05, 4.69) is 9.88 Å². The van der Waals surface area contributed by atoms with Crippen molar-refractivity contribution in [1.82, 2.24) is 14.0 Å². The molecule has 3 heterocycles. The van der Waals surface area contributed by atoms with Crippen LogP contribution in [0.25, 0.3) is 10.9 Å². The molecule has 1 saturated carbocycles. The van der Waals surface area contributed by atoms with Crippen LogP contribution >= 0.6 is 23.2 Å². The highest BCUT2D eigenvalue weighted by atomic mass is 35.5. The molecular formula is C34H36Cl2F2N4O8. The number of alkyl halides is 2. The summed E-state index contributed by atoms with van der Waals surface area (Å²) >= 11 is 12.9. The molecular weight excluding hydrogens is 701 g/mol. The zero-order valence-corrected chi connectivity index (χ0v) is 28.4. The van der Waals surface area contributed by atoms with Crippen molar-refractivity contribution < 1.29 is 43.0 Å². The highest BCUT2D eigenvalue weighted by molar-refractivity contribution is 6.35. The van der Waals surface area contributed by atoms with Gasteiger partial charge in [-0.15, -0.1) is 0 Å². The first-order chi connectivity index (χ1) is 23.7. The molecule has 2 aliphatic rings. The lowest BCUT2D eigenvalue weighted by Crippen LogP contribution is -2.45. The van der Waals surface area contributed by atoms with E-state index in [0.29, 0.717) is 56.5 Å². The number of carbonyl (C=O) groups is 1. The van der Waals surface area contributed by atoms with E-state index in [1.54, 1.807) is 24.3 Å². The van der Waals surface area contributed by atoms with Crippen LogP contribution in [0.2, 0.25) is 10.0 Å². The summed E-state index contributed by atoms with van der Waals surface area (Å²) in [4.78, 5) is 45.9. The Morgan fingerprint density at radius 2 is 1.70 bits per heavy atom. The van der Waals surface area contributed by atoms with Gasteiger partial charge in [-0.1, -0.05) is 41.4 Å². The Labute approximate surface area is 295 Å². The molecule has 0 unspecified atom stereocenters. The number of fused-ring (bicyclic) bond motifs is 1. The van der Waals surface area contributed by atoms with Crippen LogP contribution in [0.5, 0.6) is 11.5 Å². The number of hydrogen-bond acceptors (Lipinski definition) is 9. The van der Waals surface area contributed by atoms with E-state index in [-0.39, 0.29) is 50.9 Å². The molecule has 12 nitrogen and oxygen atoms in total. The van der Waals surface area contributed by atoms with Crippen molar-refractivity contribution in [3.05, 3.63) is 96.9 Å². The van der Waals surface area contributed by atoms with Crippen LogP contribution in [0.1, 0.15) is 30.1 Å².